The maximum Gasteiger partial charge on any atom is 0.239 e. The van der Waals surface area contributed by atoms with Gasteiger partial charge in [0.1, 0.15) is 0 Å². The van der Waals surface area contributed by atoms with Crippen molar-refractivity contribution >= 4 is 11.6 Å². The Balaban J connectivity index is 2.50. The summed E-state index contributed by atoms with van der Waals surface area (Å²) >= 11 is 0. The molecule has 1 aromatic carbocycles. The molecule has 18 heavy (non-hydrogen) atoms. The average Bonchev–Trinajstić information content (AvgIpc) is 2.34. The Morgan fingerprint density at radius 3 is 2.44 bits per heavy atom. The van der Waals surface area contributed by atoms with E-state index in [1.165, 1.54) is 5.56 Å². The van der Waals surface area contributed by atoms with Crippen molar-refractivity contribution in [1.82, 2.24) is 5.32 Å². The molecule has 0 aliphatic heterocycles. The number of hydrogen-bond donors (Lipinski definition) is 2. The van der Waals surface area contributed by atoms with Crippen molar-refractivity contribution in [3.8, 4) is 0 Å². The van der Waals surface area contributed by atoms with Crippen LogP contribution < -0.4 is 10.6 Å². The number of carbonyl (C=O) groups excluding carboxylic acids is 1. The summed E-state index contributed by atoms with van der Waals surface area (Å²) in [7, 11) is 0. The van der Waals surface area contributed by atoms with Gasteiger partial charge in [0.15, 0.2) is 0 Å². The van der Waals surface area contributed by atoms with Gasteiger partial charge in [0.25, 0.3) is 0 Å². The average molecular weight is 248 g/mol. The number of hydrogen-bond acceptors (Lipinski definition) is 2. The van der Waals surface area contributed by atoms with Crippen LogP contribution in [-0.4, -0.2) is 19.0 Å². The first-order chi connectivity index (χ1) is 8.50. The second-order valence-electron chi connectivity index (χ2n) is 5.29. The molecule has 0 saturated heterocycles. The maximum atomic E-state index is 11.6. The lowest BCUT2D eigenvalue weighted by molar-refractivity contribution is -0.119. The van der Waals surface area contributed by atoms with Crippen molar-refractivity contribution in [2.45, 2.75) is 33.6 Å². The van der Waals surface area contributed by atoms with Crippen LogP contribution in [0.5, 0.6) is 0 Å². The van der Waals surface area contributed by atoms with Gasteiger partial charge in [-0.1, -0.05) is 45.9 Å². The van der Waals surface area contributed by atoms with Crippen LogP contribution in [0.3, 0.4) is 0 Å². The van der Waals surface area contributed by atoms with E-state index in [0.717, 1.165) is 12.2 Å². The molecule has 3 nitrogen and oxygen atoms in total. The molecule has 3 heteroatoms. The van der Waals surface area contributed by atoms with Crippen LogP contribution >= 0.6 is 0 Å². The molecule has 0 heterocycles. The second kappa shape index (κ2) is 7.04. The lowest BCUT2D eigenvalue weighted by Crippen LogP contribution is -2.32. The standard InChI is InChI=1S/C15H24N2O/c1-11(2)9-17-15(18)10-16-14-8-6-5-7-13(14)12(3)4/h5-8,11-12,16H,9-10H2,1-4H3,(H,17,18). The van der Waals surface area contributed by atoms with Crippen molar-refractivity contribution in [1.29, 1.82) is 0 Å². The van der Waals surface area contributed by atoms with Crippen LogP contribution in [0.2, 0.25) is 0 Å². The molecule has 0 fully saturated rings. The first-order valence-corrected chi connectivity index (χ1v) is 6.60. The summed E-state index contributed by atoms with van der Waals surface area (Å²) in [6.45, 7) is 9.53. The fourth-order valence-electron chi connectivity index (χ4n) is 1.72. The van der Waals surface area contributed by atoms with E-state index in [9.17, 15) is 4.79 Å². The van der Waals surface area contributed by atoms with Gasteiger partial charge in [0, 0.05) is 12.2 Å². The number of benzene rings is 1. The molecule has 2 N–H and O–H groups in total. The number of carbonyl (C=O) groups is 1. The van der Waals surface area contributed by atoms with Crippen LogP contribution in [0.4, 0.5) is 5.69 Å². The summed E-state index contributed by atoms with van der Waals surface area (Å²) in [4.78, 5) is 11.6. The molecular weight excluding hydrogens is 224 g/mol. The van der Waals surface area contributed by atoms with E-state index < -0.39 is 0 Å². The lowest BCUT2D eigenvalue weighted by Gasteiger charge is -2.14. The summed E-state index contributed by atoms with van der Waals surface area (Å²) < 4.78 is 0. The fourth-order valence-corrected chi connectivity index (χ4v) is 1.72. The molecule has 1 amide bonds. The van der Waals surface area contributed by atoms with Crippen molar-refractivity contribution in [3.63, 3.8) is 0 Å². The van der Waals surface area contributed by atoms with Gasteiger partial charge in [-0.2, -0.15) is 0 Å². The van der Waals surface area contributed by atoms with E-state index in [1.807, 2.05) is 18.2 Å². The van der Waals surface area contributed by atoms with Crippen molar-refractivity contribution in [3.05, 3.63) is 29.8 Å². The molecule has 0 aliphatic carbocycles. The van der Waals surface area contributed by atoms with Gasteiger partial charge in [0.05, 0.1) is 6.54 Å². The Morgan fingerprint density at radius 2 is 1.83 bits per heavy atom. The first kappa shape index (κ1) is 14.6. The van der Waals surface area contributed by atoms with Gasteiger partial charge in [-0.3, -0.25) is 4.79 Å². The summed E-state index contributed by atoms with van der Waals surface area (Å²) in [6.07, 6.45) is 0. The highest BCUT2D eigenvalue weighted by Gasteiger charge is 2.07. The van der Waals surface area contributed by atoms with E-state index in [0.29, 0.717) is 18.4 Å². The van der Waals surface area contributed by atoms with Crippen molar-refractivity contribution < 1.29 is 4.79 Å². The first-order valence-electron chi connectivity index (χ1n) is 6.60. The normalized spacial score (nSPS) is 10.8. The molecule has 0 atom stereocenters. The zero-order valence-electron chi connectivity index (χ0n) is 11.8. The van der Waals surface area contributed by atoms with Crippen molar-refractivity contribution in [2.24, 2.45) is 5.92 Å². The topological polar surface area (TPSA) is 41.1 Å². The number of nitrogens with one attached hydrogen (secondary N) is 2. The van der Waals surface area contributed by atoms with Gasteiger partial charge in [-0.15, -0.1) is 0 Å². The Labute approximate surface area is 110 Å². The summed E-state index contributed by atoms with van der Waals surface area (Å²) in [5.74, 6) is 0.978. The number of anilines is 1. The van der Waals surface area contributed by atoms with Crippen LogP contribution in [0, 0.1) is 5.92 Å². The lowest BCUT2D eigenvalue weighted by atomic mass is 10.0. The summed E-state index contributed by atoms with van der Waals surface area (Å²) in [6, 6.07) is 8.13. The number of para-hydroxylation sites is 1. The molecule has 1 rings (SSSR count). The summed E-state index contributed by atoms with van der Waals surface area (Å²) in [5.41, 5.74) is 2.29. The minimum atomic E-state index is 0.0438. The quantitative estimate of drug-likeness (QED) is 0.812. The Bertz CT molecular complexity index is 386. The highest BCUT2D eigenvalue weighted by molar-refractivity contribution is 5.81. The molecule has 1 aromatic rings. The molecule has 0 bridgehead atoms. The second-order valence-corrected chi connectivity index (χ2v) is 5.29. The smallest absolute Gasteiger partial charge is 0.239 e. The monoisotopic (exact) mass is 248 g/mol. The third kappa shape index (κ3) is 4.78. The number of amides is 1. The van der Waals surface area contributed by atoms with E-state index in [4.69, 9.17) is 0 Å². The van der Waals surface area contributed by atoms with Gasteiger partial charge >= 0.3 is 0 Å². The van der Waals surface area contributed by atoms with E-state index in [2.05, 4.69) is 44.4 Å². The summed E-state index contributed by atoms with van der Waals surface area (Å²) in [5, 5.41) is 6.11. The van der Waals surface area contributed by atoms with Crippen LogP contribution in [0.25, 0.3) is 0 Å². The predicted molar refractivity (Wildman–Crippen MR) is 76.9 cm³/mol. The number of rotatable bonds is 6. The Morgan fingerprint density at radius 1 is 1.17 bits per heavy atom. The van der Waals surface area contributed by atoms with Crippen LogP contribution in [0.15, 0.2) is 24.3 Å². The molecule has 0 unspecified atom stereocenters. The molecular formula is C15H24N2O. The Hall–Kier alpha value is -1.51. The third-order valence-corrected chi connectivity index (χ3v) is 2.73. The van der Waals surface area contributed by atoms with Crippen molar-refractivity contribution in [2.75, 3.05) is 18.4 Å². The van der Waals surface area contributed by atoms with E-state index in [1.54, 1.807) is 0 Å². The van der Waals surface area contributed by atoms with E-state index >= 15 is 0 Å². The molecule has 0 spiro atoms. The highest BCUT2D eigenvalue weighted by atomic mass is 16.1. The zero-order chi connectivity index (χ0) is 13.5. The fraction of sp³-hybridized carbons (Fsp3) is 0.533. The van der Waals surface area contributed by atoms with Crippen LogP contribution in [-0.2, 0) is 4.79 Å². The van der Waals surface area contributed by atoms with Gasteiger partial charge < -0.3 is 10.6 Å². The third-order valence-electron chi connectivity index (χ3n) is 2.73. The highest BCUT2D eigenvalue weighted by Crippen LogP contribution is 2.23. The zero-order valence-corrected chi connectivity index (χ0v) is 11.8. The van der Waals surface area contributed by atoms with Gasteiger partial charge in [-0.05, 0) is 23.5 Å². The molecule has 0 aromatic heterocycles. The Kier molecular flexibility index (Phi) is 5.69. The SMILES string of the molecule is CC(C)CNC(=O)CNc1ccccc1C(C)C. The molecule has 0 radical (unpaired) electrons. The molecule has 100 valence electrons. The van der Waals surface area contributed by atoms with Gasteiger partial charge in [0.2, 0.25) is 5.91 Å². The predicted octanol–water partition coefficient (Wildman–Crippen LogP) is 2.99. The molecule has 0 aliphatic rings. The minimum absolute atomic E-state index is 0.0438. The van der Waals surface area contributed by atoms with E-state index in [-0.39, 0.29) is 5.91 Å². The molecule has 0 saturated carbocycles. The largest absolute Gasteiger partial charge is 0.376 e. The minimum Gasteiger partial charge on any atom is -0.376 e. The van der Waals surface area contributed by atoms with Gasteiger partial charge in [-0.25, -0.2) is 0 Å². The maximum absolute atomic E-state index is 11.6. The van der Waals surface area contributed by atoms with Crippen LogP contribution in [0.1, 0.15) is 39.2 Å².